The molecule has 1 saturated carbocycles. The molecule has 4 heteroatoms. The summed E-state index contributed by atoms with van der Waals surface area (Å²) in [5, 5.41) is 1.04. The van der Waals surface area contributed by atoms with Crippen LogP contribution in [0.3, 0.4) is 0 Å². The fourth-order valence-corrected chi connectivity index (χ4v) is 2.06. The van der Waals surface area contributed by atoms with Gasteiger partial charge in [-0.05, 0) is 36.4 Å². The van der Waals surface area contributed by atoms with Gasteiger partial charge in [0.05, 0.1) is 0 Å². The average molecular weight is 237 g/mol. The first-order valence-electron chi connectivity index (χ1n) is 5.65. The van der Waals surface area contributed by atoms with E-state index in [1.54, 1.807) is 18.2 Å². The highest BCUT2D eigenvalue weighted by atomic mass is 19.3. The van der Waals surface area contributed by atoms with Crippen molar-refractivity contribution in [3.63, 3.8) is 0 Å². The molecule has 90 valence electrons. The topological polar surface area (TPSA) is 25.0 Å². The number of hydrogen-bond acceptors (Lipinski definition) is 1. The average Bonchev–Trinajstić information content (AvgIpc) is 2.87. The highest BCUT2D eigenvalue weighted by molar-refractivity contribution is 5.82. The molecular formula is C13H13F2NO. The Morgan fingerprint density at radius 1 is 1.29 bits per heavy atom. The molecule has 0 saturated heterocycles. The van der Waals surface area contributed by atoms with Crippen LogP contribution in [0.2, 0.25) is 0 Å². The Kier molecular flexibility index (Phi) is 2.15. The summed E-state index contributed by atoms with van der Waals surface area (Å²) in [4.78, 5) is 3.29. The van der Waals surface area contributed by atoms with Crippen molar-refractivity contribution in [2.45, 2.75) is 31.8 Å². The molecule has 3 rings (SSSR count). The van der Waals surface area contributed by atoms with Gasteiger partial charge in [-0.3, -0.25) is 0 Å². The summed E-state index contributed by atoms with van der Waals surface area (Å²) in [6.07, 6.45) is 2.36. The molecule has 2 nitrogen and oxygen atoms in total. The Morgan fingerprint density at radius 3 is 2.71 bits per heavy atom. The number of alkyl halides is 2. The van der Waals surface area contributed by atoms with Gasteiger partial charge in [0.15, 0.2) is 0 Å². The maximum absolute atomic E-state index is 12.1. The van der Waals surface area contributed by atoms with E-state index in [0.717, 1.165) is 10.9 Å². The van der Waals surface area contributed by atoms with Crippen molar-refractivity contribution in [1.82, 2.24) is 4.98 Å². The quantitative estimate of drug-likeness (QED) is 0.862. The number of aromatic nitrogens is 1. The molecular weight excluding hydrogens is 224 g/mol. The molecule has 1 fully saturated rings. The molecule has 2 aromatic rings. The first kappa shape index (κ1) is 10.6. The van der Waals surface area contributed by atoms with Crippen LogP contribution in [0.5, 0.6) is 5.75 Å². The lowest BCUT2D eigenvalue weighted by Gasteiger charge is -2.04. The Balaban J connectivity index is 1.99. The van der Waals surface area contributed by atoms with E-state index < -0.39 is 6.61 Å². The van der Waals surface area contributed by atoms with Gasteiger partial charge in [0.1, 0.15) is 5.75 Å². The van der Waals surface area contributed by atoms with Gasteiger partial charge in [0.2, 0.25) is 0 Å². The molecule has 0 spiro atoms. The van der Waals surface area contributed by atoms with Crippen molar-refractivity contribution in [2.75, 3.05) is 0 Å². The zero-order valence-corrected chi connectivity index (χ0v) is 9.47. The molecule has 1 heterocycles. The van der Waals surface area contributed by atoms with Crippen LogP contribution in [0.15, 0.2) is 24.3 Å². The fourth-order valence-electron chi connectivity index (χ4n) is 2.06. The minimum absolute atomic E-state index is 0.196. The monoisotopic (exact) mass is 237 g/mol. The van der Waals surface area contributed by atoms with Crippen LogP contribution in [-0.4, -0.2) is 11.6 Å². The largest absolute Gasteiger partial charge is 0.435 e. The van der Waals surface area contributed by atoms with E-state index in [9.17, 15) is 8.78 Å². The van der Waals surface area contributed by atoms with E-state index >= 15 is 0 Å². The van der Waals surface area contributed by atoms with Crippen LogP contribution in [0.1, 0.15) is 25.5 Å². The normalized spacial score (nSPS) is 17.6. The van der Waals surface area contributed by atoms with Crippen molar-refractivity contribution in [1.29, 1.82) is 0 Å². The molecule has 1 aromatic carbocycles. The van der Waals surface area contributed by atoms with E-state index in [1.165, 1.54) is 18.5 Å². The van der Waals surface area contributed by atoms with Gasteiger partial charge >= 0.3 is 6.61 Å². The molecule has 1 N–H and O–H groups in total. The van der Waals surface area contributed by atoms with Gasteiger partial charge in [-0.25, -0.2) is 0 Å². The van der Waals surface area contributed by atoms with E-state index in [-0.39, 0.29) is 11.2 Å². The zero-order chi connectivity index (χ0) is 12.0. The standard InChI is InChI=1S/C13H13F2NO/c1-13(4-5-13)11-6-8-2-3-9(17-12(14)15)7-10(8)16-11/h2-3,6-7,12,16H,4-5H2,1H3. The summed E-state index contributed by atoms with van der Waals surface area (Å²) in [6, 6.07) is 7.09. The number of halogens is 2. The summed E-state index contributed by atoms with van der Waals surface area (Å²) in [7, 11) is 0. The lowest BCUT2D eigenvalue weighted by Crippen LogP contribution is -2.01. The summed E-state index contributed by atoms with van der Waals surface area (Å²) in [5.41, 5.74) is 2.29. The summed E-state index contributed by atoms with van der Waals surface area (Å²) < 4.78 is 28.6. The van der Waals surface area contributed by atoms with Gasteiger partial charge in [-0.2, -0.15) is 8.78 Å². The predicted molar refractivity (Wildman–Crippen MR) is 61.5 cm³/mol. The molecule has 0 amide bonds. The third-order valence-electron chi connectivity index (χ3n) is 3.47. The van der Waals surface area contributed by atoms with Crippen LogP contribution >= 0.6 is 0 Å². The van der Waals surface area contributed by atoms with Crippen LogP contribution < -0.4 is 4.74 Å². The molecule has 1 aliphatic carbocycles. The second-order valence-corrected chi connectivity index (χ2v) is 4.87. The number of ether oxygens (including phenoxy) is 1. The molecule has 17 heavy (non-hydrogen) atoms. The zero-order valence-electron chi connectivity index (χ0n) is 9.47. The molecule has 1 aromatic heterocycles. The van der Waals surface area contributed by atoms with Crippen molar-refractivity contribution in [2.24, 2.45) is 0 Å². The molecule has 0 unspecified atom stereocenters. The smallest absolute Gasteiger partial charge is 0.387 e. The Morgan fingerprint density at radius 2 is 2.06 bits per heavy atom. The van der Waals surface area contributed by atoms with Crippen LogP contribution in [0.25, 0.3) is 10.9 Å². The van der Waals surface area contributed by atoms with Crippen LogP contribution in [0.4, 0.5) is 8.78 Å². The maximum atomic E-state index is 12.1. The maximum Gasteiger partial charge on any atom is 0.387 e. The fraction of sp³-hybridized carbons (Fsp3) is 0.385. The molecule has 0 bridgehead atoms. The molecule has 1 aliphatic rings. The summed E-state index contributed by atoms with van der Waals surface area (Å²) in [6.45, 7) is -0.572. The first-order chi connectivity index (χ1) is 8.07. The van der Waals surface area contributed by atoms with Gasteiger partial charge in [-0.15, -0.1) is 0 Å². The minimum atomic E-state index is -2.78. The van der Waals surface area contributed by atoms with Crippen LogP contribution in [0, 0.1) is 0 Å². The molecule has 0 radical (unpaired) electrons. The van der Waals surface area contributed by atoms with Crippen molar-refractivity contribution < 1.29 is 13.5 Å². The van der Waals surface area contributed by atoms with E-state index in [2.05, 4.69) is 22.7 Å². The highest BCUT2D eigenvalue weighted by Crippen LogP contribution is 2.47. The summed E-state index contributed by atoms with van der Waals surface area (Å²) in [5.74, 6) is 0.196. The first-order valence-corrected chi connectivity index (χ1v) is 5.65. The lowest BCUT2D eigenvalue weighted by molar-refractivity contribution is -0.0497. The number of aromatic amines is 1. The van der Waals surface area contributed by atoms with Gasteiger partial charge in [0.25, 0.3) is 0 Å². The number of fused-ring (bicyclic) bond motifs is 1. The number of nitrogens with one attached hydrogen (secondary N) is 1. The Hall–Kier alpha value is -1.58. The Bertz CT molecular complexity index is 558. The van der Waals surface area contributed by atoms with E-state index in [4.69, 9.17) is 0 Å². The molecule has 0 aliphatic heterocycles. The third kappa shape index (κ3) is 1.88. The van der Waals surface area contributed by atoms with Crippen molar-refractivity contribution in [3.05, 3.63) is 30.0 Å². The number of benzene rings is 1. The SMILES string of the molecule is CC1(c2cc3ccc(OC(F)F)cc3[nH]2)CC1. The van der Waals surface area contributed by atoms with Gasteiger partial charge in [0, 0.05) is 22.7 Å². The van der Waals surface area contributed by atoms with E-state index in [0.29, 0.717) is 0 Å². The minimum Gasteiger partial charge on any atom is -0.435 e. The second kappa shape index (κ2) is 3.45. The van der Waals surface area contributed by atoms with Crippen molar-refractivity contribution in [3.8, 4) is 5.75 Å². The molecule has 0 atom stereocenters. The second-order valence-electron chi connectivity index (χ2n) is 4.87. The number of H-pyrrole nitrogens is 1. The van der Waals surface area contributed by atoms with Crippen molar-refractivity contribution >= 4 is 10.9 Å². The lowest BCUT2D eigenvalue weighted by atomic mass is 10.1. The van der Waals surface area contributed by atoms with Gasteiger partial charge < -0.3 is 9.72 Å². The highest BCUT2D eigenvalue weighted by Gasteiger charge is 2.40. The Labute approximate surface area is 97.6 Å². The van der Waals surface area contributed by atoms with E-state index in [1.807, 2.05) is 0 Å². The third-order valence-corrected chi connectivity index (χ3v) is 3.47. The van der Waals surface area contributed by atoms with Gasteiger partial charge in [-0.1, -0.05) is 6.92 Å². The number of hydrogen-bond donors (Lipinski definition) is 1. The summed E-state index contributed by atoms with van der Waals surface area (Å²) >= 11 is 0. The number of rotatable bonds is 3. The van der Waals surface area contributed by atoms with Crippen LogP contribution in [-0.2, 0) is 5.41 Å². The predicted octanol–water partition coefficient (Wildman–Crippen LogP) is 3.82.